The molecule has 0 heterocycles. The minimum absolute atomic E-state index is 0.0549. The quantitative estimate of drug-likeness (QED) is 0.823. The summed E-state index contributed by atoms with van der Waals surface area (Å²) in [7, 11) is 1.62. The molecule has 0 aliphatic heterocycles. The van der Waals surface area contributed by atoms with Gasteiger partial charge in [0.15, 0.2) is 0 Å². The Morgan fingerprint density at radius 3 is 1.89 bits per heavy atom. The maximum absolute atomic E-state index is 12.0. The van der Waals surface area contributed by atoms with Gasteiger partial charge in [0.05, 0.1) is 11.3 Å². The first-order valence-electron chi connectivity index (χ1n) is 7.47. The highest BCUT2D eigenvalue weighted by Crippen LogP contribution is 2.45. The van der Waals surface area contributed by atoms with Crippen molar-refractivity contribution in [2.45, 2.75) is 59.8 Å². The van der Waals surface area contributed by atoms with Gasteiger partial charge in [-0.15, -0.1) is 0 Å². The number of hydrogen-bond donors (Lipinski definition) is 2. The molecule has 0 spiro atoms. The van der Waals surface area contributed by atoms with E-state index in [1.807, 2.05) is 27.7 Å². The van der Waals surface area contributed by atoms with Gasteiger partial charge in [-0.25, -0.2) is 0 Å². The molecule has 0 aromatic heterocycles. The lowest BCUT2D eigenvalue weighted by molar-refractivity contribution is -0.145. The van der Waals surface area contributed by atoms with E-state index in [-0.39, 0.29) is 23.7 Å². The zero-order chi connectivity index (χ0) is 15.1. The molecule has 4 nitrogen and oxygen atoms in total. The Labute approximate surface area is 117 Å². The highest BCUT2D eigenvalue weighted by molar-refractivity contribution is 5.90. The van der Waals surface area contributed by atoms with Crippen LogP contribution >= 0.6 is 0 Å². The molecule has 19 heavy (non-hydrogen) atoms. The van der Waals surface area contributed by atoms with Crippen LogP contribution in [0.5, 0.6) is 0 Å². The van der Waals surface area contributed by atoms with Gasteiger partial charge >= 0.3 is 0 Å². The van der Waals surface area contributed by atoms with E-state index in [1.165, 1.54) is 0 Å². The van der Waals surface area contributed by atoms with Crippen LogP contribution < -0.4 is 11.1 Å². The largest absolute Gasteiger partial charge is 0.369 e. The molecule has 1 aliphatic carbocycles. The monoisotopic (exact) mass is 270 g/mol. The van der Waals surface area contributed by atoms with Crippen molar-refractivity contribution >= 4 is 11.8 Å². The third kappa shape index (κ3) is 3.95. The predicted octanol–water partition coefficient (Wildman–Crippen LogP) is 2.47. The van der Waals surface area contributed by atoms with Crippen LogP contribution in [0.1, 0.15) is 59.8 Å². The van der Waals surface area contributed by atoms with E-state index in [2.05, 4.69) is 5.32 Å². The zero-order valence-electron chi connectivity index (χ0n) is 13.1. The van der Waals surface area contributed by atoms with Crippen LogP contribution in [0.2, 0.25) is 0 Å². The molecule has 0 aromatic carbocycles. The maximum Gasteiger partial charge on any atom is 0.224 e. The molecule has 1 fully saturated rings. The molecular weight excluding hydrogens is 240 g/mol. The zero-order valence-corrected chi connectivity index (χ0v) is 13.1. The first kappa shape index (κ1) is 17.9. The van der Waals surface area contributed by atoms with Crippen molar-refractivity contribution in [1.29, 1.82) is 0 Å². The summed E-state index contributed by atoms with van der Waals surface area (Å²) < 4.78 is 0. The fraction of sp³-hybridized carbons (Fsp3) is 0.867. The Morgan fingerprint density at radius 1 is 1.11 bits per heavy atom. The van der Waals surface area contributed by atoms with E-state index >= 15 is 0 Å². The summed E-state index contributed by atoms with van der Waals surface area (Å²) in [5, 5.41) is 2.68. The number of primary amides is 1. The molecule has 0 aromatic rings. The summed E-state index contributed by atoms with van der Waals surface area (Å²) in [4.78, 5) is 23.9. The first-order chi connectivity index (χ1) is 8.95. The van der Waals surface area contributed by atoms with Crippen LogP contribution in [0, 0.1) is 17.3 Å². The molecule has 4 heteroatoms. The lowest BCUT2D eigenvalue weighted by atomic mass is 9.61. The second-order valence-electron chi connectivity index (χ2n) is 5.42. The summed E-state index contributed by atoms with van der Waals surface area (Å²) in [5.41, 5.74) is 4.98. The average molecular weight is 270 g/mol. The van der Waals surface area contributed by atoms with Crippen LogP contribution in [0.4, 0.5) is 0 Å². The van der Waals surface area contributed by atoms with Crippen LogP contribution in [0.25, 0.3) is 0 Å². The number of amides is 2. The standard InChI is InChI=1S/C13H24N2O2.C2H6/c1-9(2)10(11(16)15-3)13(12(14)17)7-5-4-6-8-13;1-2/h9-10H,4-8H2,1-3H3,(H2,14,17)(H,15,16);1-2H3. The smallest absolute Gasteiger partial charge is 0.224 e. The van der Waals surface area contributed by atoms with Crippen molar-refractivity contribution in [2.24, 2.45) is 23.0 Å². The molecule has 1 aliphatic rings. The van der Waals surface area contributed by atoms with E-state index in [0.29, 0.717) is 0 Å². The molecule has 2 amide bonds. The molecule has 1 saturated carbocycles. The van der Waals surface area contributed by atoms with Gasteiger partial charge in [-0.1, -0.05) is 47.0 Å². The van der Waals surface area contributed by atoms with Gasteiger partial charge in [-0.2, -0.15) is 0 Å². The van der Waals surface area contributed by atoms with E-state index in [9.17, 15) is 9.59 Å². The molecule has 0 radical (unpaired) electrons. The van der Waals surface area contributed by atoms with Crippen LogP contribution in [-0.2, 0) is 9.59 Å². The second kappa shape index (κ2) is 8.18. The van der Waals surface area contributed by atoms with Crippen LogP contribution in [0.15, 0.2) is 0 Å². The Morgan fingerprint density at radius 2 is 1.58 bits per heavy atom. The lowest BCUT2D eigenvalue weighted by Gasteiger charge is -2.41. The number of hydrogen-bond acceptors (Lipinski definition) is 2. The number of carbonyl (C=O) groups is 2. The Hall–Kier alpha value is -1.06. The SMILES string of the molecule is CC.CNC(=O)C(C(C)C)C1(C(N)=O)CCCCC1. The molecule has 1 atom stereocenters. The molecule has 1 rings (SSSR count). The van der Waals surface area contributed by atoms with Gasteiger partial charge in [-0.05, 0) is 18.8 Å². The Bertz CT molecular complexity index is 295. The van der Waals surface area contributed by atoms with Crippen LogP contribution in [0.3, 0.4) is 0 Å². The summed E-state index contributed by atoms with van der Waals surface area (Å²) in [5.74, 6) is -0.536. The average Bonchev–Trinajstić information content (AvgIpc) is 2.41. The first-order valence-corrected chi connectivity index (χ1v) is 7.47. The van der Waals surface area contributed by atoms with E-state index in [1.54, 1.807) is 7.05 Å². The number of rotatable bonds is 4. The van der Waals surface area contributed by atoms with Gasteiger partial charge in [0.1, 0.15) is 0 Å². The van der Waals surface area contributed by atoms with Gasteiger partial charge in [0.25, 0.3) is 0 Å². The van der Waals surface area contributed by atoms with Gasteiger partial charge in [-0.3, -0.25) is 9.59 Å². The minimum Gasteiger partial charge on any atom is -0.369 e. The molecule has 3 N–H and O–H groups in total. The summed E-state index contributed by atoms with van der Waals surface area (Å²) in [6, 6.07) is 0. The fourth-order valence-corrected chi connectivity index (χ4v) is 3.24. The van der Waals surface area contributed by atoms with Crippen molar-refractivity contribution in [2.75, 3.05) is 7.05 Å². The van der Waals surface area contributed by atoms with Gasteiger partial charge in [0.2, 0.25) is 11.8 Å². The minimum atomic E-state index is -0.632. The highest BCUT2D eigenvalue weighted by atomic mass is 16.2. The maximum atomic E-state index is 12.0. The summed E-state index contributed by atoms with van der Waals surface area (Å²) in [6.45, 7) is 7.97. The predicted molar refractivity (Wildman–Crippen MR) is 78.5 cm³/mol. The van der Waals surface area contributed by atoms with Crippen molar-refractivity contribution in [3.05, 3.63) is 0 Å². The highest BCUT2D eigenvalue weighted by Gasteiger charge is 2.49. The third-order valence-corrected chi connectivity index (χ3v) is 4.03. The number of nitrogens with one attached hydrogen (secondary N) is 1. The van der Waals surface area contributed by atoms with Crippen molar-refractivity contribution in [3.63, 3.8) is 0 Å². The van der Waals surface area contributed by atoms with Crippen molar-refractivity contribution < 1.29 is 9.59 Å². The van der Waals surface area contributed by atoms with E-state index in [0.717, 1.165) is 32.1 Å². The molecule has 112 valence electrons. The Kier molecular flexibility index (Phi) is 7.72. The second-order valence-corrected chi connectivity index (χ2v) is 5.42. The van der Waals surface area contributed by atoms with Crippen LogP contribution in [-0.4, -0.2) is 18.9 Å². The molecular formula is C15H30N2O2. The summed E-state index contributed by atoms with van der Waals surface area (Å²) >= 11 is 0. The van der Waals surface area contributed by atoms with E-state index in [4.69, 9.17) is 5.73 Å². The molecule has 0 saturated heterocycles. The third-order valence-electron chi connectivity index (χ3n) is 4.03. The Balaban J connectivity index is 0.00000154. The lowest BCUT2D eigenvalue weighted by Crippen LogP contribution is -2.52. The van der Waals surface area contributed by atoms with Crippen molar-refractivity contribution in [3.8, 4) is 0 Å². The summed E-state index contributed by atoms with van der Waals surface area (Å²) in [6.07, 6.45) is 4.61. The fourth-order valence-electron chi connectivity index (χ4n) is 3.24. The molecule has 0 bridgehead atoms. The van der Waals surface area contributed by atoms with Gasteiger partial charge in [0, 0.05) is 7.05 Å². The van der Waals surface area contributed by atoms with Crippen molar-refractivity contribution in [1.82, 2.24) is 5.32 Å². The van der Waals surface area contributed by atoms with Gasteiger partial charge < -0.3 is 11.1 Å². The molecule has 1 unspecified atom stereocenters. The topological polar surface area (TPSA) is 72.2 Å². The normalized spacial score (nSPS) is 19.1. The van der Waals surface area contributed by atoms with E-state index < -0.39 is 5.41 Å². The number of nitrogens with two attached hydrogens (primary N) is 1. The number of carbonyl (C=O) groups excluding carboxylic acids is 2.